The molecular weight excluding hydrogens is 312 g/mol. The fourth-order valence-electron chi connectivity index (χ4n) is 6.37. The van der Waals surface area contributed by atoms with Gasteiger partial charge in [0.25, 0.3) is 0 Å². The van der Waals surface area contributed by atoms with Crippen LogP contribution >= 0.6 is 0 Å². The van der Waals surface area contributed by atoms with Gasteiger partial charge in [-0.3, -0.25) is 9.59 Å². The van der Waals surface area contributed by atoms with E-state index in [1.807, 2.05) is 30.3 Å². The van der Waals surface area contributed by atoms with Crippen molar-refractivity contribution < 1.29 is 14.3 Å². The summed E-state index contributed by atoms with van der Waals surface area (Å²) < 4.78 is 5.59. The lowest BCUT2D eigenvalue weighted by Gasteiger charge is -2.55. The Balaban J connectivity index is 1.26. The summed E-state index contributed by atoms with van der Waals surface area (Å²) in [7, 11) is 0. The highest BCUT2D eigenvalue weighted by atomic mass is 16.5. The smallest absolute Gasteiger partial charge is 0.316 e. The molecule has 5 fully saturated rings. The first-order valence-electron chi connectivity index (χ1n) is 9.86. The van der Waals surface area contributed by atoms with Crippen molar-refractivity contribution >= 4 is 11.8 Å². The Morgan fingerprint density at radius 2 is 1.48 bits per heavy atom. The molecule has 1 aromatic rings. The van der Waals surface area contributed by atoms with Gasteiger partial charge in [0.15, 0.2) is 12.4 Å². The summed E-state index contributed by atoms with van der Waals surface area (Å²) in [4.78, 5) is 25.7. The van der Waals surface area contributed by atoms with E-state index in [2.05, 4.69) is 0 Å². The molecule has 0 N–H and O–H groups in total. The highest BCUT2D eigenvalue weighted by Crippen LogP contribution is 2.60. The van der Waals surface area contributed by atoms with Crippen molar-refractivity contribution in [3.8, 4) is 0 Å². The molecule has 25 heavy (non-hydrogen) atoms. The van der Waals surface area contributed by atoms with Crippen molar-refractivity contribution in [3.05, 3.63) is 35.9 Å². The topological polar surface area (TPSA) is 43.4 Å². The maximum Gasteiger partial charge on any atom is 0.316 e. The van der Waals surface area contributed by atoms with Crippen LogP contribution in [0.2, 0.25) is 0 Å². The van der Waals surface area contributed by atoms with E-state index in [9.17, 15) is 9.59 Å². The summed E-state index contributed by atoms with van der Waals surface area (Å²) >= 11 is 0. The monoisotopic (exact) mass is 338 g/mol. The number of Topliss-reactive ketones (excluding diaryl/α,β-unsaturated/α-hetero) is 1. The number of ether oxygens (including phenoxy) is 1. The number of esters is 1. The highest BCUT2D eigenvalue weighted by molar-refractivity contribution is 5.91. The molecule has 0 amide bonds. The van der Waals surface area contributed by atoms with E-state index >= 15 is 0 Å². The molecular formula is C22H26O3. The molecule has 4 bridgehead atoms. The second-order valence-electron chi connectivity index (χ2n) is 9.15. The molecule has 0 atom stereocenters. The number of benzene rings is 1. The van der Waals surface area contributed by atoms with Crippen molar-refractivity contribution in [1.29, 1.82) is 0 Å². The van der Waals surface area contributed by atoms with Gasteiger partial charge in [-0.1, -0.05) is 30.3 Å². The predicted octanol–water partition coefficient (Wildman–Crippen LogP) is 4.05. The number of carbonyl (C=O) groups excluding carboxylic acids is 2. The summed E-state index contributed by atoms with van der Waals surface area (Å²) in [6.45, 7) is -0.0143. The first-order valence-corrected chi connectivity index (χ1v) is 9.86. The lowest BCUT2D eigenvalue weighted by atomic mass is 9.48. The van der Waals surface area contributed by atoms with Gasteiger partial charge < -0.3 is 4.74 Å². The van der Waals surface area contributed by atoms with Crippen molar-refractivity contribution in [3.63, 3.8) is 0 Å². The predicted molar refractivity (Wildman–Crippen MR) is 93.9 cm³/mol. The largest absolute Gasteiger partial charge is 0.457 e. The van der Waals surface area contributed by atoms with Gasteiger partial charge in [-0.15, -0.1) is 0 Å². The van der Waals surface area contributed by atoms with Gasteiger partial charge >= 0.3 is 5.97 Å². The van der Waals surface area contributed by atoms with E-state index in [0.29, 0.717) is 0 Å². The molecule has 0 aromatic heterocycles. The average Bonchev–Trinajstić information content (AvgIpc) is 3.41. The zero-order chi connectivity index (χ0) is 17.1. The van der Waals surface area contributed by atoms with Crippen molar-refractivity contribution in [2.75, 3.05) is 6.61 Å². The summed E-state index contributed by atoms with van der Waals surface area (Å²) in [5, 5.41) is 0. The van der Waals surface area contributed by atoms with Crippen LogP contribution in [0, 0.1) is 23.2 Å². The van der Waals surface area contributed by atoms with Crippen molar-refractivity contribution in [1.82, 2.24) is 0 Å². The van der Waals surface area contributed by atoms with Gasteiger partial charge in [-0.25, -0.2) is 0 Å². The molecule has 0 saturated heterocycles. The summed E-state index contributed by atoms with van der Waals surface area (Å²) in [5.74, 6) is 2.22. The highest BCUT2D eigenvalue weighted by Gasteiger charge is 2.56. The van der Waals surface area contributed by atoms with Gasteiger partial charge in [-0.2, -0.15) is 0 Å². The molecule has 5 saturated carbocycles. The van der Waals surface area contributed by atoms with Crippen LogP contribution in [0.4, 0.5) is 0 Å². The first kappa shape index (κ1) is 15.6. The third-order valence-corrected chi connectivity index (χ3v) is 7.43. The summed E-state index contributed by atoms with van der Waals surface area (Å²) in [5.41, 5.74) is 0.379. The first-order chi connectivity index (χ1) is 12.1. The van der Waals surface area contributed by atoms with Gasteiger partial charge in [0.05, 0.1) is 5.41 Å². The molecule has 1 aromatic carbocycles. The Bertz CT molecular complexity index is 666. The molecule has 0 radical (unpaired) electrons. The quantitative estimate of drug-likeness (QED) is 0.761. The molecule has 0 aliphatic heterocycles. The van der Waals surface area contributed by atoms with E-state index in [0.717, 1.165) is 55.4 Å². The fourth-order valence-corrected chi connectivity index (χ4v) is 6.37. The maximum absolute atomic E-state index is 13.0. The third-order valence-electron chi connectivity index (χ3n) is 7.43. The van der Waals surface area contributed by atoms with Crippen LogP contribution in [0.15, 0.2) is 30.3 Å². The SMILES string of the molecule is O=C(COC(=O)C1(c2ccccc2)CC1)C12CC3CC(CC(C3)C1)C2. The standard InChI is InChI=1S/C22H26O3/c23-19(21-11-15-8-16(12-21)10-17(9-15)13-21)14-25-20(24)22(6-7-22)18-4-2-1-3-5-18/h1-5,15-17H,6-14H2. The normalized spacial score (nSPS) is 36.9. The maximum atomic E-state index is 13.0. The minimum Gasteiger partial charge on any atom is -0.457 e. The summed E-state index contributed by atoms with van der Waals surface area (Å²) in [6.07, 6.45) is 8.76. The van der Waals surface area contributed by atoms with Gasteiger partial charge in [0, 0.05) is 5.41 Å². The van der Waals surface area contributed by atoms with Gasteiger partial charge in [0.1, 0.15) is 0 Å². The van der Waals surface area contributed by atoms with Crippen LogP contribution in [0.1, 0.15) is 56.9 Å². The Morgan fingerprint density at radius 1 is 0.920 bits per heavy atom. The Labute approximate surface area is 149 Å². The van der Waals surface area contributed by atoms with Crippen LogP contribution in [-0.2, 0) is 19.7 Å². The number of carbonyl (C=O) groups is 2. The minimum atomic E-state index is -0.483. The van der Waals surface area contributed by atoms with E-state index < -0.39 is 5.41 Å². The molecule has 0 unspecified atom stereocenters. The zero-order valence-electron chi connectivity index (χ0n) is 14.7. The average molecular weight is 338 g/mol. The Hall–Kier alpha value is -1.64. The van der Waals surface area contributed by atoms with Crippen LogP contribution in [0.3, 0.4) is 0 Å². The van der Waals surface area contributed by atoms with E-state index in [1.165, 1.54) is 19.3 Å². The second-order valence-corrected chi connectivity index (χ2v) is 9.15. The van der Waals surface area contributed by atoms with Crippen LogP contribution in [0.25, 0.3) is 0 Å². The molecule has 3 nitrogen and oxygen atoms in total. The molecule has 5 aliphatic rings. The minimum absolute atomic E-state index is 0.0143. The molecule has 0 spiro atoms. The van der Waals surface area contributed by atoms with E-state index in [1.54, 1.807) is 0 Å². The Morgan fingerprint density at radius 3 is 2.00 bits per heavy atom. The number of rotatable bonds is 5. The molecule has 0 heterocycles. The lowest BCUT2D eigenvalue weighted by molar-refractivity contribution is -0.159. The number of ketones is 1. The molecule has 6 rings (SSSR count). The third kappa shape index (κ3) is 2.46. The van der Waals surface area contributed by atoms with Crippen molar-refractivity contribution in [2.45, 2.75) is 56.8 Å². The Kier molecular flexibility index (Phi) is 3.39. The number of hydrogen-bond donors (Lipinski definition) is 0. The zero-order valence-corrected chi connectivity index (χ0v) is 14.7. The molecule has 3 heteroatoms. The van der Waals surface area contributed by atoms with Crippen LogP contribution in [0.5, 0.6) is 0 Å². The van der Waals surface area contributed by atoms with Gasteiger partial charge in [0.2, 0.25) is 0 Å². The molecule has 132 valence electrons. The summed E-state index contributed by atoms with van der Waals surface area (Å²) in [6, 6.07) is 9.87. The fraction of sp³-hybridized carbons (Fsp3) is 0.636. The van der Waals surface area contributed by atoms with Crippen molar-refractivity contribution in [2.24, 2.45) is 23.2 Å². The van der Waals surface area contributed by atoms with E-state index in [-0.39, 0.29) is 23.8 Å². The lowest BCUT2D eigenvalue weighted by Crippen LogP contribution is -2.51. The van der Waals surface area contributed by atoms with Crippen LogP contribution < -0.4 is 0 Å². The van der Waals surface area contributed by atoms with Gasteiger partial charge in [-0.05, 0) is 74.7 Å². The molecule has 5 aliphatic carbocycles. The number of hydrogen-bond acceptors (Lipinski definition) is 3. The van der Waals surface area contributed by atoms with E-state index in [4.69, 9.17) is 4.74 Å². The van der Waals surface area contributed by atoms with Crippen LogP contribution in [-0.4, -0.2) is 18.4 Å². The second kappa shape index (κ2) is 5.43.